The maximum absolute atomic E-state index is 12.9. The number of aromatic amines is 1. The van der Waals surface area contributed by atoms with Crippen LogP contribution in [0.15, 0.2) is 43.0 Å². The molecule has 0 spiro atoms. The lowest BCUT2D eigenvalue weighted by atomic mass is 9.89. The molecule has 0 fully saturated rings. The van der Waals surface area contributed by atoms with Crippen molar-refractivity contribution < 1.29 is 14.3 Å². The van der Waals surface area contributed by atoms with Crippen molar-refractivity contribution in [3.05, 3.63) is 52.5 Å². The van der Waals surface area contributed by atoms with Crippen LogP contribution >= 0.6 is 23.6 Å². The van der Waals surface area contributed by atoms with Crippen molar-refractivity contribution >= 4 is 40.7 Å². The van der Waals surface area contributed by atoms with E-state index in [1.165, 1.54) is 11.3 Å². The van der Waals surface area contributed by atoms with Gasteiger partial charge in [-0.05, 0) is 36.5 Å². The Morgan fingerprint density at radius 3 is 2.66 bits per heavy atom. The molecule has 1 heterocycles. The molecule has 0 saturated heterocycles. The molecule has 3 N–H and O–H groups in total. The van der Waals surface area contributed by atoms with Gasteiger partial charge in [0, 0.05) is 6.04 Å². The van der Waals surface area contributed by atoms with Crippen LogP contribution in [-0.4, -0.2) is 28.2 Å². The highest BCUT2D eigenvalue weighted by atomic mass is 32.1. The van der Waals surface area contributed by atoms with E-state index in [4.69, 9.17) is 17.0 Å². The predicted molar refractivity (Wildman–Crippen MR) is 117 cm³/mol. The molecule has 2 atom stereocenters. The molecular formula is C20H26N4O3S2. The summed E-state index contributed by atoms with van der Waals surface area (Å²) in [5, 5.41) is 12.6. The maximum atomic E-state index is 12.9. The number of alkyl carbamates (subject to hydrolysis) is 1. The highest BCUT2D eigenvalue weighted by Crippen LogP contribution is 2.21. The number of H-pyrrole nitrogens is 1. The van der Waals surface area contributed by atoms with Crippen LogP contribution in [0.1, 0.15) is 32.3 Å². The van der Waals surface area contributed by atoms with Gasteiger partial charge in [0.25, 0.3) is 0 Å². The van der Waals surface area contributed by atoms with Crippen LogP contribution < -0.4 is 10.6 Å². The Bertz CT molecular complexity index is 864. The van der Waals surface area contributed by atoms with Crippen LogP contribution in [0.2, 0.25) is 0 Å². The minimum atomic E-state index is -0.559. The molecule has 2 amide bonds. The van der Waals surface area contributed by atoms with Crippen molar-refractivity contribution in [2.24, 2.45) is 11.8 Å². The Morgan fingerprint density at radius 2 is 2.07 bits per heavy atom. The van der Waals surface area contributed by atoms with Crippen molar-refractivity contribution in [1.82, 2.24) is 15.5 Å². The van der Waals surface area contributed by atoms with Gasteiger partial charge in [0.15, 0.2) is 3.95 Å². The van der Waals surface area contributed by atoms with Gasteiger partial charge in [0.05, 0.1) is 5.92 Å². The van der Waals surface area contributed by atoms with Gasteiger partial charge in [-0.15, -0.1) is 11.7 Å². The lowest BCUT2D eigenvalue weighted by Gasteiger charge is -2.27. The standard InChI is InChI=1S/C20H26N4O3S2/c1-4-8-15(17(25)22-18-23-24-20(28)29-18)16(11-13(2)3)21-19(26)27-12-14-9-6-5-7-10-14/h4-7,9-10,13,15-16H,1,8,11-12H2,2-3H3,(H,21,26)(H,24,28)(H,22,23,25)/t15-,16+/m0/s1. The van der Waals surface area contributed by atoms with Crippen molar-refractivity contribution in [2.75, 3.05) is 5.32 Å². The zero-order valence-corrected chi connectivity index (χ0v) is 18.1. The predicted octanol–water partition coefficient (Wildman–Crippen LogP) is 4.67. The van der Waals surface area contributed by atoms with E-state index in [-0.39, 0.29) is 18.4 Å². The molecule has 0 radical (unpaired) electrons. The van der Waals surface area contributed by atoms with E-state index in [2.05, 4.69) is 27.4 Å². The summed E-state index contributed by atoms with van der Waals surface area (Å²) in [6.45, 7) is 7.98. The monoisotopic (exact) mass is 434 g/mol. The molecular weight excluding hydrogens is 408 g/mol. The topological polar surface area (TPSA) is 96.1 Å². The number of hydrogen-bond acceptors (Lipinski definition) is 6. The molecule has 1 aromatic carbocycles. The number of benzene rings is 1. The van der Waals surface area contributed by atoms with Crippen molar-refractivity contribution in [2.45, 2.75) is 39.3 Å². The number of carbonyl (C=O) groups is 2. The summed E-state index contributed by atoms with van der Waals surface area (Å²) >= 11 is 6.17. The molecule has 2 rings (SSSR count). The molecule has 29 heavy (non-hydrogen) atoms. The fourth-order valence-corrected chi connectivity index (χ4v) is 3.66. The minimum Gasteiger partial charge on any atom is -0.445 e. The first kappa shape index (κ1) is 22.8. The third kappa shape index (κ3) is 7.78. The van der Waals surface area contributed by atoms with Gasteiger partial charge in [0.2, 0.25) is 11.0 Å². The summed E-state index contributed by atoms with van der Waals surface area (Å²) in [4.78, 5) is 25.2. The van der Waals surface area contributed by atoms with Crippen LogP contribution in [-0.2, 0) is 16.1 Å². The molecule has 2 aromatic rings. The number of nitrogens with one attached hydrogen (secondary N) is 3. The average Bonchev–Trinajstić information content (AvgIpc) is 3.09. The number of anilines is 1. The Morgan fingerprint density at radius 1 is 1.34 bits per heavy atom. The molecule has 0 aliphatic rings. The number of hydrogen-bond donors (Lipinski definition) is 3. The van der Waals surface area contributed by atoms with E-state index in [1.807, 2.05) is 44.2 Å². The minimum absolute atomic E-state index is 0.163. The molecule has 0 aliphatic heterocycles. The molecule has 0 aliphatic carbocycles. The summed E-state index contributed by atoms with van der Waals surface area (Å²) in [6.07, 6.45) is 2.12. The van der Waals surface area contributed by atoms with E-state index in [9.17, 15) is 9.59 Å². The Balaban J connectivity index is 2.06. The van der Waals surface area contributed by atoms with Gasteiger partial charge >= 0.3 is 6.09 Å². The van der Waals surface area contributed by atoms with E-state index in [0.29, 0.717) is 21.9 Å². The fourth-order valence-electron chi connectivity index (χ4n) is 2.86. The smallest absolute Gasteiger partial charge is 0.407 e. The van der Waals surface area contributed by atoms with Crippen LogP contribution in [0, 0.1) is 15.8 Å². The second-order valence-corrected chi connectivity index (χ2v) is 8.65. The molecule has 0 saturated carbocycles. The third-order valence-corrected chi connectivity index (χ3v) is 5.16. The average molecular weight is 435 g/mol. The number of allylic oxidation sites excluding steroid dienone is 1. The van der Waals surface area contributed by atoms with Crippen LogP contribution in [0.5, 0.6) is 0 Å². The summed E-state index contributed by atoms with van der Waals surface area (Å²) in [5.74, 6) is -0.504. The Hall–Kier alpha value is -2.52. The first-order chi connectivity index (χ1) is 13.9. The highest BCUT2D eigenvalue weighted by Gasteiger charge is 2.30. The van der Waals surface area contributed by atoms with Crippen LogP contribution in [0.25, 0.3) is 0 Å². The van der Waals surface area contributed by atoms with E-state index in [1.54, 1.807) is 6.08 Å². The first-order valence-corrected chi connectivity index (χ1v) is 10.6. The zero-order chi connectivity index (χ0) is 21.2. The number of rotatable bonds is 10. The molecule has 9 heteroatoms. The van der Waals surface area contributed by atoms with Crippen LogP contribution in [0.4, 0.5) is 9.93 Å². The van der Waals surface area contributed by atoms with Gasteiger partial charge < -0.3 is 15.4 Å². The van der Waals surface area contributed by atoms with Gasteiger partial charge in [-0.2, -0.15) is 0 Å². The highest BCUT2D eigenvalue weighted by molar-refractivity contribution is 7.73. The molecule has 0 bridgehead atoms. The van der Waals surface area contributed by atoms with E-state index in [0.717, 1.165) is 5.56 Å². The van der Waals surface area contributed by atoms with E-state index >= 15 is 0 Å². The van der Waals surface area contributed by atoms with Crippen molar-refractivity contribution in [3.63, 3.8) is 0 Å². The first-order valence-electron chi connectivity index (χ1n) is 9.33. The Labute approximate surface area is 179 Å². The number of aromatic nitrogens is 2. The summed E-state index contributed by atoms with van der Waals surface area (Å²) in [7, 11) is 0. The quantitative estimate of drug-likeness (QED) is 0.373. The van der Waals surface area contributed by atoms with Gasteiger partial charge in [-0.3, -0.25) is 9.89 Å². The number of amides is 2. The van der Waals surface area contributed by atoms with Crippen LogP contribution in [0.3, 0.4) is 0 Å². The van der Waals surface area contributed by atoms with Gasteiger partial charge in [-0.25, -0.2) is 4.79 Å². The zero-order valence-electron chi connectivity index (χ0n) is 16.5. The normalized spacial score (nSPS) is 12.8. The Kier molecular flexibility index (Phi) is 9.01. The molecule has 156 valence electrons. The SMILES string of the molecule is C=CC[C@H](C(=O)Nc1n[nH]c(=S)s1)[C@@H](CC(C)C)NC(=O)OCc1ccccc1. The lowest BCUT2D eigenvalue weighted by molar-refractivity contribution is -0.120. The number of nitrogens with zero attached hydrogens (tertiary/aromatic N) is 1. The second kappa shape index (κ2) is 11.5. The number of carbonyl (C=O) groups excluding carboxylic acids is 2. The van der Waals surface area contributed by atoms with Crippen molar-refractivity contribution in [3.8, 4) is 0 Å². The second-order valence-electron chi connectivity index (χ2n) is 6.98. The lowest BCUT2D eigenvalue weighted by Crippen LogP contribution is -2.45. The summed E-state index contributed by atoms with van der Waals surface area (Å²) in [5.41, 5.74) is 0.892. The van der Waals surface area contributed by atoms with E-state index < -0.39 is 18.1 Å². The summed E-state index contributed by atoms with van der Waals surface area (Å²) < 4.78 is 5.81. The maximum Gasteiger partial charge on any atom is 0.407 e. The third-order valence-electron chi connectivity index (χ3n) is 4.15. The molecule has 1 aromatic heterocycles. The van der Waals surface area contributed by atoms with Gasteiger partial charge in [-0.1, -0.05) is 61.6 Å². The summed E-state index contributed by atoms with van der Waals surface area (Å²) in [6, 6.07) is 9.01. The fraction of sp³-hybridized carbons (Fsp3) is 0.400. The van der Waals surface area contributed by atoms with Gasteiger partial charge in [0.1, 0.15) is 6.61 Å². The van der Waals surface area contributed by atoms with Crippen molar-refractivity contribution in [1.29, 1.82) is 0 Å². The number of ether oxygens (including phenoxy) is 1. The molecule has 7 nitrogen and oxygen atoms in total. The largest absolute Gasteiger partial charge is 0.445 e. The molecule has 0 unspecified atom stereocenters.